The van der Waals surface area contributed by atoms with Gasteiger partial charge >= 0.3 is 5.97 Å². The summed E-state index contributed by atoms with van der Waals surface area (Å²) in [5, 5.41) is 3.17. The molecule has 0 aliphatic carbocycles. The minimum Gasteiger partial charge on any atom is -0.457 e. The van der Waals surface area contributed by atoms with Crippen LogP contribution in [0.5, 0.6) is 0 Å². The van der Waals surface area contributed by atoms with Gasteiger partial charge in [-0.05, 0) is 62.2 Å². The van der Waals surface area contributed by atoms with Crippen LogP contribution in [-0.2, 0) is 20.7 Å². The molecule has 2 aromatic carbocycles. The van der Waals surface area contributed by atoms with Crippen molar-refractivity contribution in [2.45, 2.75) is 32.8 Å². The minimum absolute atomic E-state index is 0.0722. The Kier molecular flexibility index (Phi) is 7.74. The van der Waals surface area contributed by atoms with Gasteiger partial charge in [0.05, 0.1) is 13.0 Å². The molecule has 0 saturated heterocycles. The molecule has 0 atom stereocenters. The zero-order chi connectivity index (χ0) is 21.4. The minimum atomic E-state index is -0.534. The van der Waals surface area contributed by atoms with E-state index in [4.69, 9.17) is 16.3 Å². The number of carbonyl (C=O) groups excluding carboxylic acids is 3. The summed E-state index contributed by atoms with van der Waals surface area (Å²) in [6.07, 6.45) is 3.18. The van der Waals surface area contributed by atoms with Gasteiger partial charge in [-0.2, -0.15) is 0 Å². The highest BCUT2D eigenvalue weighted by Crippen LogP contribution is 2.11. The van der Waals surface area contributed by atoms with Crippen LogP contribution in [0, 0.1) is 0 Å². The maximum absolute atomic E-state index is 12.1. The van der Waals surface area contributed by atoms with Gasteiger partial charge in [0.2, 0.25) is 5.91 Å². The number of nitrogens with one attached hydrogen (secondary N) is 1. The van der Waals surface area contributed by atoms with Crippen molar-refractivity contribution in [3.8, 4) is 0 Å². The second-order valence-corrected chi connectivity index (χ2v) is 7.93. The third-order valence-corrected chi connectivity index (χ3v) is 4.03. The Morgan fingerprint density at radius 2 is 1.62 bits per heavy atom. The number of halogens is 1. The molecule has 0 aliphatic heterocycles. The van der Waals surface area contributed by atoms with Gasteiger partial charge < -0.3 is 10.1 Å². The molecule has 1 N–H and O–H groups in total. The molecule has 152 valence electrons. The first-order valence-electron chi connectivity index (χ1n) is 9.18. The molecule has 1 amide bonds. The van der Waals surface area contributed by atoms with Crippen LogP contribution < -0.4 is 5.32 Å². The molecule has 0 saturated carbocycles. The molecular weight excluding hydrogens is 390 g/mol. The van der Waals surface area contributed by atoms with Crippen LogP contribution in [0.15, 0.2) is 54.6 Å². The Morgan fingerprint density at radius 3 is 2.21 bits per heavy atom. The summed E-state index contributed by atoms with van der Waals surface area (Å²) >= 11 is 5.80. The smallest absolute Gasteiger partial charge is 0.331 e. The molecule has 2 aromatic rings. The van der Waals surface area contributed by atoms with Crippen molar-refractivity contribution in [1.82, 2.24) is 5.32 Å². The van der Waals surface area contributed by atoms with Gasteiger partial charge in [0.1, 0.15) is 5.60 Å². The fraction of sp³-hybridized carbons (Fsp3) is 0.261. The number of amides is 1. The molecule has 0 spiro atoms. The second kappa shape index (κ2) is 10.0. The van der Waals surface area contributed by atoms with E-state index in [0.29, 0.717) is 10.6 Å². The van der Waals surface area contributed by atoms with Crippen LogP contribution in [0.3, 0.4) is 0 Å². The van der Waals surface area contributed by atoms with Crippen molar-refractivity contribution in [2.75, 3.05) is 6.54 Å². The third-order valence-electron chi connectivity index (χ3n) is 3.78. The second-order valence-electron chi connectivity index (χ2n) is 7.49. The number of rotatable bonds is 7. The zero-order valence-corrected chi connectivity index (χ0v) is 17.5. The lowest BCUT2D eigenvalue weighted by atomic mass is 10.1. The average Bonchev–Trinajstić information content (AvgIpc) is 2.65. The molecule has 2 rings (SSSR count). The van der Waals surface area contributed by atoms with Crippen LogP contribution in [0.4, 0.5) is 0 Å². The Bertz CT molecular complexity index is 894. The van der Waals surface area contributed by atoms with Crippen LogP contribution in [0.1, 0.15) is 42.3 Å². The molecule has 0 bridgehead atoms. The van der Waals surface area contributed by atoms with Crippen molar-refractivity contribution in [3.63, 3.8) is 0 Å². The van der Waals surface area contributed by atoms with Gasteiger partial charge in [0.15, 0.2) is 5.78 Å². The molecule has 29 heavy (non-hydrogen) atoms. The van der Waals surface area contributed by atoms with Gasteiger partial charge in [-0.15, -0.1) is 0 Å². The molecule has 5 nitrogen and oxygen atoms in total. The number of hydrogen-bond acceptors (Lipinski definition) is 4. The van der Waals surface area contributed by atoms with Crippen LogP contribution in [0.25, 0.3) is 6.08 Å². The van der Waals surface area contributed by atoms with Gasteiger partial charge in [-0.1, -0.05) is 35.9 Å². The number of Topliss-reactive ketones (excluding diaryl/α,β-unsaturated/α-hetero) is 1. The fourth-order valence-corrected chi connectivity index (χ4v) is 2.54. The molecular formula is C23H24ClNO4. The zero-order valence-electron chi connectivity index (χ0n) is 16.7. The van der Waals surface area contributed by atoms with Crippen molar-refractivity contribution >= 4 is 35.3 Å². The summed E-state index contributed by atoms with van der Waals surface area (Å²) in [6.45, 7) is 5.35. The van der Waals surface area contributed by atoms with E-state index in [1.807, 2.05) is 32.9 Å². The number of hydrogen-bond donors (Lipinski definition) is 1. The summed E-state index contributed by atoms with van der Waals surface area (Å²) < 4.78 is 5.21. The largest absolute Gasteiger partial charge is 0.457 e. The topological polar surface area (TPSA) is 72.5 Å². The SMILES string of the molecule is CC(C)(C)OC(=O)/C=C/c1ccc(CC(=O)NCC(=O)c2ccc(Cl)cc2)cc1. The highest BCUT2D eigenvalue weighted by atomic mass is 35.5. The molecule has 0 aromatic heterocycles. The van der Waals surface area contributed by atoms with Gasteiger partial charge in [0, 0.05) is 16.7 Å². The predicted molar refractivity (Wildman–Crippen MR) is 114 cm³/mol. The normalized spacial score (nSPS) is 11.3. The van der Waals surface area contributed by atoms with Crippen molar-refractivity contribution < 1.29 is 19.1 Å². The maximum atomic E-state index is 12.1. The lowest BCUT2D eigenvalue weighted by molar-refractivity contribution is -0.148. The van der Waals surface area contributed by atoms with Crippen LogP contribution in [0.2, 0.25) is 5.02 Å². The Morgan fingerprint density at radius 1 is 1.00 bits per heavy atom. The van der Waals surface area contributed by atoms with Crippen LogP contribution >= 0.6 is 11.6 Å². The van der Waals surface area contributed by atoms with E-state index >= 15 is 0 Å². The van der Waals surface area contributed by atoms with E-state index < -0.39 is 11.6 Å². The number of benzene rings is 2. The molecule has 0 aliphatic rings. The Balaban J connectivity index is 1.82. The average molecular weight is 414 g/mol. The Hall–Kier alpha value is -2.92. The number of carbonyl (C=O) groups is 3. The predicted octanol–water partition coefficient (Wildman–Crippen LogP) is 4.24. The van der Waals surface area contributed by atoms with Gasteiger partial charge in [-0.25, -0.2) is 4.79 Å². The van der Waals surface area contributed by atoms with Gasteiger partial charge in [0.25, 0.3) is 0 Å². The van der Waals surface area contributed by atoms with Crippen LogP contribution in [-0.4, -0.2) is 29.8 Å². The first kappa shape index (κ1) is 22.4. The van der Waals surface area contributed by atoms with E-state index in [-0.39, 0.29) is 24.7 Å². The summed E-state index contributed by atoms with van der Waals surface area (Å²) in [4.78, 5) is 35.8. The first-order valence-corrected chi connectivity index (χ1v) is 9.56. The van der Waals surface area contributed by atoms with E-state index in [1.54, 1.807) is 42.5 Å². The standard InChI is InChI=1S/C23H24ClNO4/c1-23(2,3)29-22(28)13-8-16-4-6-17(7-5-16)14-21(27)25-15-20(26)18-9-11-19(24)12-10-18/h4-13H,14-15H2,1-3H3,(H,25,27)/b13-8+. The lowest BCUT2D eigenvalue weighted by Crippen LogP contribution is -2.30. The van der Waals surface area contributed by atoms with E-state index in [2.05, 4.69) is 5.32 Å². The fourth-order valence-electron chi connectivity index (χ4n) is 2.41. The Labute approximate surface area is 175 Å². The summed E-state index contributed by atoms with van der Waals surface area (Å²) in [5.74, 6) is -0.840. The summed E-state index contributed by atoms with van der Waals surface area (Å²) in [6, 6.07) is 13.7. The monoisotopic (exact) mass is 413 g/mol. The van der Waals surface area contributed by atoms with E-state index in [9.17, 15) is 14.4 Å². The van der Waals surface area contributed by atoms with Crippen molar-refractivity contribution in [3.05, 3.63) is 76.3 Å². The quantitative estimate of drug-likeness (QED) is 0.418. The molecule has 0 heterocycles. The van der Waals surface area contributed by atoms with Crippen molar-refractivity contribution in [1.29, 1.82) is 0 Å². The lowest BCUT2D eigenvalue weighted by Gasteiger charge is -2.17. The molecule has 0 fully saturated rings. The maximum Gasteiger partial charge on any atom is 0.331 e. The van der Waals surface area contributed by atoms with Gasteiger partial charge in [-0.3, -0.25) is 9.59 Å². The highest BCUT2D eigenvalue weighted by Gasteiger charge is 2.14. The summed E-state index contributed by atoms with van der Waals surface area (Å²) in [5.41, 5.74) is 1.58. The molecule has 6 heteroatoms. The number of ketones is 1. The third kappa shape index (κ3) is 8.32. The van der Waals surface area contributed by atoms with E-state index in [0.717, 1.165) is 11.1 Å². The first-order chi connectivity index (χ1) is 13.6. The highest BCUT2D eigenvalue weighted by molar-refractivity contribution is 6.30. The number of ether oxygens (including phenoxy) is 1. The van der Waals surface area contributed by atoms with Crippen molar-refractivity contribution in [2.24, 2.45) is 0 Å². The number of esters is 1. The van der Waals surface area contributed by atoms with E-state index in [1.165, 1.54) is 6.08 Å². The molecule has 0 unspecified atom stereocenters. The molecule has 0 radical (unpaired) electrons. The summed E-state index contributed by atoms with van der Waals surface area (Å²) in [7, 11) is 0.